The zero-order valence-electron chi connectivity index (χ0n) is 16.2. The third-order valence-corrected chi connectivity index (χ3v) is 4.75. The van der Waals surface area contributed by atoms with Gasteiger partial charge < -0.3 is 22.5 Å². The molecule has 9 nitrogen and oxygen atoms in total. The average Bonchev–Trinajstić information content (AvgIpc) is 2.73. The van der Waals surface area contributed by atoms with E-state index in [9.17, 15) is 4.79 Å². The number of carbonyl (C=O) groups excluding carboxylic acids is 1. The normalized spacial score (nSPS) is 20.0. The van der Waals surface area contributed by atoms with Gasteiger partial charge in [0.05, 0.1) is 17.6 Å². The van der Waals surface area contributed by atoms with Crippen molar-refractivity contribution in [3.63, 3.8) is 0 Å². The molecule has 2 aromatic rings. The van der Waals surface area contributed by atoms with Crippen molar-refractivity contribution in [1.82, 2.24) is 9.97 Å². The van der Waals surface area contributed by atoms with Crippen LogP contribution in [0.1, 0.15) is 36.0 Å². The van der Waals surface area contributed by atoms with Crippen LogP contribution in [0.25, 0.3) is 0 Å². The van der Waals surface area contributed by atoms with Crippen LogP contribution in [-0.4, -0.2) is 46.4 Å². The lowest BCUT2D eigenvalue weighted by molar-refractivity contribution is 0.100. The highest BCUT2D eigenvalue weighted by Crippen LogP contribution is 2.22. The summed E-state index contributed by atoms with van der Waals surface area (Å²) < 4.78 is 0. The van der Waals surface area contributed by atoms with Gasteiger partial charge in [-0.3, -0.25) is 9.79 Å². The zero-order valence-corrected chi connectivity index (χ0v) is 16.2. The quantitative estimate of drug-likeness (QED) is 0.523. The molecule has 0 saturated heterocycles. The number of hydrogen-bond donors (Lipinski definition) is 4. The number of benzene rings is 1. The number of hydrogen-bond acceptors (Lipinski definition) is 8. The molecule has 0 radical (unpaired) electrons. The molecular weight excluding hydrogens is 368 g/mol. The van der Waals surface area contributed by atoms with E-state index in [2.05, 4.69) is 25.3 Å². The summed E-state index contributed by atoms with van der Waals surface area (Å²) in [6.07, 6.45) is 7.04. The number of primary amides is 1. The van der Waals surface area contributed by atoms with Gasteiger partial charge in [-0.05, 0) is 25.0 Å². The maximum absolute atomic E-state index is 11.8. The molecule has 1 saturated carbocycles. The molecule has 0 unspecified atom stereocenters. The maximum atomic E-state index is 11.8. The van der Waals surface area contributed by atoms with Crippen molar-refractivity contribution < 1.29 is 4.79 Å². The third kappa shape index (κ3) is 5.66. The number of nitrogens with zero attached hydrogens (tertiary/aromatic N) is 4. The lowest BCUT2D eigenvalue weighted by Gasteiger charge is -2.29. The predicted molar refractivity (Wildman–Crippen MR) is 115 cm³/mol. The molecule has 0 spiro atoms. The topological polar surface area (TPSA) is 158 Å². The number of amides is 1. The Morgan fingerprint density at radius 2 is 2.00 bits per heavy atom. The first-order valence-corrected chi connectivity index (χ1v) is 9.62. The first-order valence-electron chi connectivity index (χ1n) is 9.62. The van der Waals surface area contributed by atoms with E-state index in [0.29, 0.717) is 11.7 Å². The summed E-state index contributed by atoms with van der Waals surface area (Å²) in [5, 5.41) is 3.25. The fraction of sp³-hybridized carbons (Fsp3) is 0.350. The summed E-state index contributed by atoms with van der Waals surface area (Å²) in [5.41, 5.74) is 18.8. The van der Waals surface area contributed by atoms with Crippen LogP contribution in [0.5, 0.6) is 0 Å². The van der Waals surface area contributed by atoms with Gasteiger partial charge in [-0.1, -0.05) is 31.0 Å². The minimum absolute atomic E-state index is 0.0349. The first-order chi connectivity index (χ1) is 14.1. The van der Waals surface area contributed by atoms with Gasteiger partial charge in [-0.25, -0.2) is 9.98 Å². The number of rotatable bonds is 7. The molecule has 1 fully saturated rings. The second kappa shape index (κ2) is 9.85. The van der Waals surface area contributed by atoms with Crippen LogP contribution in [0.4, 0.5) is 17.5 Å². The van der Waals surface area contributed by atoms with E-state index in [1.807, 2.05) is 30.3 Å². The van der Waals surface area contributed by atoms with Gasteiger partial charge in [0.1, 0.15) is 5.56 Å². The van der Waals surface area contributed by atoms with Crippen LogP contribution in [-0.2, 0) is 0 Å². The van der Waals surface area contributed by atoms with Crippen LogP contribution >= 0.6 is 0 Å². The maximum Gasteiger partial charge on any atom is 0.254 e. The molecule has 1 aromatic heterocycles. The Balaban J connectivity index is 1.87. The molecule has 1 aliphatic rings. The molecule has 7 N–H and O–H groups in total. The number of nitrogens with two attached hydrogens (primary N) is 3. The molecule has 152 valence electrons. The Bertz CT molecular complexity index is 897. The molecule has 3 rings (SSSR count). The molecule has 1 aliphatic carbocycles. The molecular formula is C20H26N8O. The number of aliphatic imine (C=N–C) groups is 2. The monoisotopic (exact) mass is 394 g/mol. The van der Waals surface area contributed by atoms with E-state index in [1.54, 1.807) is 6.21 Å². The van der Waals surface area contributed by atoms with Crippen molar-refractivity contribution in [2.24, 2.45) is 27.2 Å². The number of para-hydroxylation sites is 1. The Kier molecular flexibility index (Phi) is 6.99. The zero-order chi connectivity index (χ0) is 20.6. The summed E-state index contributed by atoms with van der Waals surface area (Å²) in [4.78, 5) is 29.1. The minimum atomic E-state index is -0.666. The third-order valence-electron chi connectivity index (χ3n) is 4.75. The van der Waals surface area contributed by atoms with Gasteiger partial charge >= 0.3 is 0 Å². The van der Waals surface area contributed by atoms with Crippen LogP contribution in [0.2, 0.25) is 0 Å². The molecule has 9 heteroatoms. The van der Waals surface area contributed by atoms with Crippen molar-refractivity contribution in [3.8, 4) is 0 Å². The van der Waals surface area contributed by atoms with Crippen molar-refractivity contribution >= 4 is 35.3 Å². The van der Waals surface area contributed by atoms with E-state index >= 15 is 0 Å². The van der Waals surface area contributed by atoms with Crippen molar-refractivity contribution in [2.75, 3.05) is 11.9 Å². The van der Waals surface area contributed by atoms with Crippen molar-refractivity contribution in [3.05, 3.63) is 42.1 Å². The lowest BCUT2D eigenvalue weighted by Crippen LogP contribution is -2.43. The molecule has 1 heterocycles. The van der Waals surface area contributed by atoms with Gasteiger partial charge in [0.15, 0.2) is 5.82 Å². The summed E-state index contributed by atoms with van der Waals surface area (Å²) in [6, 6.07) is 9.51. The first kappa shape index (κ1) is 20.6. The van der Waals surface area contributed by atoms with E-state index in [4.69, 9.17) is 17.2 Å². The van der Waals surface area contributed by atoms with Crippen LogP contribution in [0.3, 0.4) is 0 Å². The lowest BCUT2D eigenvalue weighted by atomic mass is 9.91. The number of nitrogens with one attached hydrogen (secondary N) is 1. The molecule has 2 atom stereocenters. The Hall–Kier alpha value is -3.17. The fourth-order valence-corrected chi connectivity index (χ4v) is 3.13. The highest BCUT2D eigenvalue weighted by Gasteiger charge is 2.23. The second-order valence-electron chi connectivity index (χ2n) is 6.90. The molecule has 29 heavy (non-hydrogen) atoms. The molecule has 0 bridgehead atoms. The van der Waals surface area contributed by atoms with Crippen LogP contribution < -0.4 is 22.5 Å². The highest BCUT2D eigenvalue weighted by molar-refractivity contribution is 6.32. The smallest absolute Gasteiger partial charge is 0.254 e. The van der Waals surface area contributed by atoms with Crippen molar-refractivity contribution in [2.45, 2.75) is 37.8 Å². The van der Waals surface area contributed by atoms with Gasteiger partial charge in [0.25, 0.3) is 5.91 Å². The summed E-state index contributed by atoms with van der Waals surface area (Å²) in [5.74, 6) is -0.159. The van der Waals surface area contributed by atoms with Gasteiger partial charge in [-0.2, -0.15) is 4.98 Å². The molecule has 1 amide bonds. The number of aromatic nitrogens is 2. The fourth-order valence-electron chi connectivity index (χ4n) is 3.13. The minimum Gasteiger partial charge on any atom is -0.365 e. The van der Waals surface area contributed by atoms with E-state index in [0.717, 1.165) is 31.4 Å². The van der Waals surface area contributed by atoms with Gasteiger partial charge in [0, 0.05) is 24.8 Å². The molecule has 1 aromatic carbocycles. The SMILES string of the molecule is NCC(C=Nc1ccccc1)=Nc1nc(N[C@@H]2CCCC[C@@H]2N)ncc1C(N)=O. The Morgan fingerprint density at radius 3 is 2.69 bits per heavy atom. The average molecular weight is 394 g/mol. The van der Waals surface area contributed by atoms with Crippen LogP contribution in [0, 0.1) is 0 Å². The van der Waals surface area contributed by atoms with E-state index in [-0.39, 0.29) is 30.0 Å². The molecule has 0 aliphatic heterocycles. The predicted octanol–water partition coefficient (Wildman–Crippen LogP) is 1.69. The summed E-state index contributed by atoms with van der Waals surface area (Å²) in [7, 11) is 0. The largest absolute Gasteiger partial charge is 0.365 e. The highest BCUT2D eigenvalue weighted by atomic mass is 16.1. The number of anilines is 1. The summed E-state index contributed by atoms with van der Waals surface area (Å²) >= 11 is 0. The van der Waals surface area contributed by atoms with Crippen molar-refractivity contribution in [1.29, 1.82) is 0 Å². The standard InChI is InChI=1S/C20H26N8O/c21-10-14(11-24-13-6-2-1-3-7-13)26-19-15(18(23)29)12-25-20(28-19)27-17-9-5-4-8-16(17)22/h1-3,6-7,11-12,16-17H,4-5,8-10,21-22H2,(H2,23,29)(H,25,27,28)/t16-,17+/m0/s1. The van der Waals surface area contributed by atoms with Gasteiger partial charge in [0.2, 0.25) is 5.95 Å². The van der Waals surface area contributed by atoms with Crippen LogP contribution in [0.15, 0.2) is 46.5 Å². The summed E-state index contributed by atoms with van der Waals surface area (Å²) in [6.45, 7) is 0.120. The Labute approximate surface area is 169 Å². The second-order valence-corrected chi connectivity index (χ2v) is 6.90. The van der Waals surface area contributed by atoms with E-state index < -0.39 is 5.91 Å². The Morgan fingerprint density at radius 1 is 1.24 bits per heavy atom. The van der Waals surface area contributed by atoms with E-state index in [1.165, 1.54) is 6.20 Å². The van der Waals surface area contributed by atoms with Gasteiger partial charge in [-0.15, -0.1) is 0 Å². The number of carbonyl (C=O) groups is 1.